The summed E-state index contributed by atoms with van der Waals surface area (Å²) in [6, 6.07) is 10.7. The molecule has 0 radical (unpaired) electrons. The molecule has 1 aromatic rings. The van der Waals surface area contributed by atoms with E-state index >= 15 is 0 Å². The summed E-state index contributed by atoms with van der Waals surface area (Å²) in [6.07, 6.45) is 3.73. The second-order valence-corrected chi connectivity index (χ2v) is 10.1. The van der Waals surface area contributed by atoms with Gasteiger partial charge in [0.1, 0.15) is 0 Å². The number of hydrogen-bond donors (Lipinski definition) is 1. The van der Waals surface area contributed by atoms with Gasteiger partial charge in [-0.1, -0.05) is 51.1 Å². The van der Waals surface area contributed by atoms with Gasteiger partial charge in [-0.3, -0.25) is 9.80 Å². The van der Waals surface area contributed by atoms with Gasteiger partial charge in [0.25, 0.3) is 0 Å². The summed E-state index contributed by atoms with van der Waals surface area (Å²) in [4.78, 5) is 4.90. The molecule has 4 nitrogen and oxygen atoms in total. The Labute approximate surface area is 170 Å². The van der Waals surface area contributed by atoms with Gasteiger partial charge in [-0.2, -0.15) is 0 Å². The van der Waals surface area contributed by atoms with E-state index in [0.29, 0.717) is 18.1 Å². The Bertz CT molecular complexity index is 641. The van der Waals surface area contributed by atoms with Crippen LogP contribution in [0.15, 0.2) is 30.3 Å². The minimum absolute atomic E-state index is 0.278. The fourth-order valence-electron chi connectivity index (χ4n) is 5.93. The largest absolute Gasteiger partial charge is 0.389 e. The van der Waals surface area contributed by atoms with Gasteiger partial charge < -0.3 is 9.84 Å². The van der Waals surface area contributed by atoms with Crippen molar-refractivity contribution in [2.45, 2.75) is 58.8 Å². The lowest BCUT2D eigenvalue weighted by molar-refractivity contribution is -0.0807. The SMILES string of the molecule is CC1(C)[C@@H]2CC[C@@]1(C)[C@H](OC[C@H](O)CN1CCN(Cc3ccccc3)CC1)C2. The molecule has 1 aliphatic heterocycles. The zero-order chi connectivity index (χ0) is 19.8. The Kier molecular flexibility index (Phi) is 5.85. The van der Waals surface area contributed by atoms with Gasteiger partial charge in [-0.15, -0.1) is 0 Å². The summed E-state index contributed by atoms with van der Waals surface area (Å²) in [6.45, 7) is 13.7. The Morgan fingerprint density at radius 3 is 2.36 bits per heavy atom. The monoisotopic (exact) mass is 386 g/mol. The summed E-state index contributed by atoms with van der Waals surface area (Å²) in [5, 5.41) is 10.6. The first kappa shape index (κ1) is 20.3. The molecule has 1 aromatic carbocycles. The molecule has 156 valence electrons. The Hall–Kier alpha value is -0.940. The lowest BCUT2D eigenvalue weighted by atomic mass is 9.70. The first-order valence-corrected chi connectivity index (χ1v) is 11.2. The van der Waals surface area contributed by atoms with Crippen molar-refractivity contribution in [1.82, 2.24) is 9.80 Å². The van der Waals surface area contributed by atoms with E-state index < -0.39 is 0 Å². The molecule has 4 heteroatoms. The molecule has 1 heterocycles. The lowest BCUT2D eigenvalue weighted by Gasteiger charge is -2.39. The average molecular weight is 387 g/mol. The summed E-state index contributed by atoms with van der Waals surface area (Å²) < 4.78 is 6.29. The molecular formula is C24H38N2O2. The number of benzene rings is 1. The Balaban J connectivity index is 1.18. The highest BCUT2D eigenvalue weighted by Gasteiger charge is 2.61. The number of fused-ring (bicyclic) bond motifs is 2. The number of ether oxygens (including phenoxy) is 1. The molecule has 3 fully saturated rings. The highest BCUT2D eigenvalue weighted by Crippen LogP contribution is 2.66. The average Bonchev–Trinajstić information content (AvgIpc) is 3.02. The third-order valence-electron chi connectivity index (χ3n) is 8.39. The zero-order valence-electron chi connectivity index (χ0n) is 17.9. The summed E-state index contributed by atoms with van der Waals surface area (Å²) >= 11 is 0. The molecule has 4 atom stereocenters. The van der Waals surface area contributed by atoms with Gasteiger partial charge >= 0.3 is 0 Å². The molecule has 28 heavy (non-hydrogen) atoms. The van der Waals surface area contributed by atoms with Gasteiger partial charge in [0, 0.05) is 39.3 Å². The van der Waals surface area contributed by atoms with E-state index in [1.165, 1.54) is 24.8 Å². The number of β-amino-alcohol motifs (C(OH)–C–C–N with tert-alkyl or cyclic N) is 1. The molecular weight excluding hydrogens is 348 g/mol. The van der Waals surface area contributed by atoms with Gasteiger partial charge in [0.15, 0.2) is 0 Å². The van der Waals surface area contributed by atoms with Crippen LogP contribution in [0.1, 0.15) is 45.6 Å². The van der Waals surface area contributed by atoms with Gasteiger partial charge in [-0.05, 0) is 41.6 Å². The number of aliphatic hydroxyl groups is 1. The van der Waals surface area contributed by atoms with Crippen LogP contribution in [-0.2, 0) is 11.3 Å². The van der Waals surface area contributed by atoms with E-state index in [4.69, 9.17) is 4.74 Å². The maximum Gasteiger partial charge on any atom is 0.0900 e. The van der Waals surface area contributed by atoms with Crippen LogP contribution in [0.2, 0.25) is 0 Å². The Morgan fingerprint density at radius 2 is 1.75 bits per heavy atom. The van der Waals surface area contributed by atoms with Crippen molar-refractivity contribution in [3.05, 3.63) is 35.9 Å². The van der Waals surface area contributed by atoms with E-state index in [1.54, 1.807) is 0 Å². The van der Waals surface area contributed by atoms with Crippen LogP contribution < -0.4 is 0 Å². The molecule has 0 amide bonds. The van der Waals surface area contributed by atoms with Crippen molar-refractivity contribution in [2.75, 3.05) is 39.3 Å². The highest BCUT2D eigenvalue weighted by atomic mass is 16.5. The molecule has 0 aromatic heterocycles. The lowest BCUT2D eigenvalue weighted by Crippen LogP contribution is -2.49. The number of aliphatic hydroxyl groups excluding tert-OH is 1. The van der Waals surface area contributed by atoms with Crippen molar-refractivity contribution in [2.24, 2.45) is 16.7 Å². The van der Waals surface area contributed by atoms with E-state index in [-0.39, 0.29) is 11.5 Å². The Morgan fingerprint density at radius 1 is 1.07 bits per heavy atom. The van der Waals surface area contributed by atoms with Crippen molar-refractivity contribution < 1.29 is 9.84 Å². The van der Waals surface area contributed by atoms with Crippen LogP contribution in [-0.4, -0.2) is 66.4 Å². The predicted molar refractivity (Wildman–Crippen MR) is 113 cm³/mol. The molecule has 1 saturated heterocycles. The maximum atomic E-state index is 10.6. The normalized spacial score (nSPS) is 34.0. The quantitative estimate of drug-likeness (QED) is 0.779. The van der Waals surface area contributed by atoms with E-state index in [9.17, 15) is 5.11 Å². The van der Waals surface area contributed by atoms with E-state index in [2.05, 4.69) is 60.9 Å². The molecule has 2 aliphatic carbocycles. The van der Waals surface area contributed by atoms with Crippen LogP contribution in [0.3, 0.4) is 0 Å². The first-order valence-electron chi connectivity index (χ1n) is 11.2. The molecule has 1 N–H and O–H groups in total. The van der Waals surface area contributed by atoms with E-state index in [0.717, 1.165) is 45.2 Å². The zero-order valence-corrected chi connectivity index (χ0v) is 17.9. The molecule has 0 unspecified atom stereocenters. The highest BCUT2D eigenvalue weighted by molar-refractivity contribution is 5.14. The van der Waals surface area contributed by atoms with Crippen LogP contribution in [0.25, 0.3) is 0 Å². The molecule has 2 bridgehead atoms. The van der Waals surface area contributed by atoms with E-state index in [1.807, 2.05) is 0 Å². The van der Waals surface area contributed by atoms with Crippen LogP contribution >= 0.6 is 0 Å². The standard InChI is InChI=1S/C24H38N2O2/c1-23(2)20-9-10-24(23,3)22(15-20)28-18-21(27)17-26-13-11-25(12-14-26)16-19-7-5-4-6-8-19/h4-8,20-22,27H,9-18H2,1-3H3/t20-,21-,22-,24+/m1/s1. The third kappa shape index (κ3) is 3.89. The second kappa shape index (κ2) is 8.06. The summed E-state index contributed by atoms with van der Waals surface area (Å²) in [5.74, 6) is 0.789. The fourth-order valence-corrected chi connectivity index (χ4v) is 5.93. The third-order valence-corrected chi connectivity index (χ3v) is 8.39. The van der Waals surface area contributed by atoms with Crippen molar-refractivity contribution in [3.63, 3.8) is 0 Å². The minimum atomic E-state index is -0.383. The summed E-state index contributed by atoms with van der Waals surface area (Å²) in [7, 11) is 0. The van der Waals surface area contributed by atoms with Crippen LogP contribution in [0, 0.1) is 16.7 Å². The van der Waals surface area contributed by atoms with Crippen LogP contribution in [0.5, 0.6) is 0 Å². The van der Waals surface area contributed by atoms with Crippen molar-refractivity contribution in [3.8, 4) is 0 Å². The molecule has 3 aliphatic rings. The van der Waals surface area contributed by atoms with Gasteiger partial charge in [0.2, 0.25) is 0 Å². The van der Waals surface area contributed by atoms with Gasteiger partial charge in [0.05, 0.1) is 18.8 Å². The first-order chi connectivity index (χ1) is 13.4. The summed E-state index contributed by atoms with van der Waals surface area (Å²) in [5.41, 5.74) is 2.03. The maximum absolute atomic E-state index is 10.6. The fraction of sp³-hybridized carbons (Fsp3) is 0.750. The smallest absolute Gasteiger partial charge is 0.0900 e. The predicted octanol–water partition coefficient (Wildman–Crippen LogP) is 3.40. The number of piperazine rings is 1. The molecule has 4 rings (SSSR count). The van der Waals surface area contributed by atoms with Crippen molar-refractivity contribution >= 4 is 0 Å². The molecule has 0 spiro atoms. The van der Waals surface area contributed by atoms with Crippen molar-refractivity contribution in [1.29, 1.82) is 0 Å². The molecule has 2 saturated carbocycles. The van der Waals surface area contributed by atoms with Gasteiger partial charge in [-0.25, -0.2) is 0 Å². The van der Waals surface area contributed by atoms with Crippen LogP contribution in [0.4, 0.5) is 0 Å². The second-order valence-electron chi connectivity index (χ2n) is 10.1. The number of hydrogen-bond acceptors (Lipinski definition) is 4. The topological polar surface area (TPSA) is 35.9 Å². The number of nitrogens with zero attached hydrogens (tertiary/aromatic N) is 2. The minimum Gasteiger partial charge on any atom is -0.389 e. The number of rotatable bonds is 7.